The van der Waals surface area contributed by atoms with Crippen molar-refractivity contribution in [2.24, 2.45) is 0 Å². The number of nitrogens with one attached hydrogen (secondary N) is 1. The molecule has 0 saturated carbocycles. The number of carbonyl (C=O) groups is 1. The molecule has 1 aliphatic rings. The highest BCUT2D eigenvalue weighted by atomic mass is 19.1. The lowest BCUT2D eigenvalue weighted by molar-refractivity contribution is 0.0895. The van der Waals surface area contributed by atoms with Crippen LogP contribution in [0, 0.1) is 5.82 Å². The molecular formula is C22H26FN7O4. The van der Waals surface area contributed by atoms with Crippen molar-refractivity contribution >= 4 is 5.91 Å². The fourth-order valence-corrected chi connectivity index (χ4v) is 3.97. The van der Waals surface area contributed by atoms with Crippen LogP contribution in [0.1, 0.15) is 43.8 Å². The minimum Gasteiger partial charge on any atom is -0.347 e. The lowest BCUT2D eigenvalue weighted by Gasteiger charge is -2.33. The summed E-state index contributed by atoms with van der Waals surface area (Å²) >= 11 is 0. The van der Waals surface area contributed by atoms with Gasteiger partial charge in [-0.1, -0.05) is 11.6 Å². The van der Waals surface area contributed by atoms with E-state index in [9.17, 15) is 18.8 Å². The summed E-state index contributed by atoms with van der Waals surface area (Å²) in [6.07, 6.45) is 3.51. The van der Waals surface area contributed by atoms with Crippen LogP contribution in [0.3, 0.4) is 0 Å². The number of aromatic nitrogens is 5. The first-order chi connectivity index (χ1) is 16.4. The average Bonchev–Trinajstić information content (AvgIpc) is 3.32. The largest absolute Gasteiger partial charge is 0.352 e. The quantitative estimate of drug-likeness (QED) is 0.545. The van der Waals surface area contributed by atoms with Crippen LogP contribution in [-0.4, -0.2) is 61.0 Å². The number of hydrogen-bond acceptors (Lipinski definition) is 8. The zero-order valence-electron chi connectivity index (χ0n) is 19.0. The highest BCUT2D eigenvalue weighted by Gasteiger charge is 2.23. The van der Waals surface area contributed by atoms with Crippen LogP contribution in [0.5, 0.6) is 0 Å². The number of rotatable bonds is 7. The molecule has 3 aromatic rings. The van der Waals surface area contributed by atoms with Crippen LogP contribution in [0.2, 0.25) is 0 Å². The van der Waals surface area contributed by atoms with Gasteiger partial charge in [0.05, 0.1) is 5.69 Å². The van der Waals surface area contributed by atoms with E-state index in [1.54, 1.807) is 6.92 Å². The fourth-order valence-electron chi connectivity index (χ4n) is 3.97. The standard InChI is InChI=1S/C22H26FN7O4/c1-3-29-21(32)17(26-30(22(29)33)16-9-7-15(23)8-10-16)18-25-20(34-27-18)19(31)24-11-13-28-12-5-4-6-14(28)2/h7-10,14H,3-6,11-13H2,1-2H3,(H,24,31)/t14-/m0/s1. The predicted molar refractivity (Wildman–Crippen MR) is 120 cm³/mol. The van der Waals surface area contributed by atoms with Crippen molar-refractivity contribution in [2.75, 3.05) is 19.6 Å². The second-order valence-electron chi connectivity index (χ2n) is 8.13. The SMILES string of the molecule is CCn1c(=O)c(-c2noc(C(=O)NCCN3CCCC[C@@H]3C)n2)nn(-c2ccc(F)cc2)c1=O. The highest BCUT2D eigenvalue weighted by Crippen LogP contribution is 2.15. The molecule has 1 N–H and O–H groups in total. The van der Waals surface area contributed by atoms with E-state index in [1.807, 2.05) is 0 Å². The molecule has 1 amide bonds. The van der Waals surface area contributed by atoms with Gasteiger partial charge >= 0.3 is 17.5 Å². The number of benzene rings is 1. The second-order valence-corrected chi connectivity index (χ2v) is 8.13. The monoisotopic (exact) mass is 471 g/mol. The van der Waals surface area contributed by atoms with Crippen LogP contribution in [-0.2, 0) is 6.54 Å². The van der Waals surface area contributed by atoms with Gasteiger partial charge in [-0.15, -0.1) is 0 Å². The number of hydrogen-bond donors (Lipinski definition) is 1. The molecule has 34 heavy (non-hydrogen) atoms. The third-order valence-corrected chi connectivity index (χ3v) is 5.90. The van der Waals surface area contributed by atoms with Crippen molar-refractivity contribution in [3.05, 3.63) is 56.8 Å². The molecule has 1 atom stereocenters. The molecule has 2 aromatic heterocycles. The van der Waals surface area contributed by atoms with E-state index in [0.717, 1.165) is 28.6 Å². The number of likely N-dealkylation sites (tertiary alicyclic amines) is 1. The van der Waals surface area contributed by atoms with Gasteiger partial charge in [0.1, 0.15) is 5.82 Å². The van der Waals surface area contributed by atoms with Crippen molar-refractivity contribution in [3.8, 4) is 17.2 Å². The molecule has 3 heterocycles. The molecule has 0 bridgehead atoms. The minimum absolute atomic E-state index is 0.0640. The number of piperidine rings is 1. The third kappa shape index (κ3) is 4.81. The Kier molecular flexibility index (Phi) is 6.96. The maximum atomic E-state index is 13.3. The average molecular weight is 471 g/mol. The van der Waals surface area contributed by atoms with E-state index in [1.165, 1.54) is 30.7 Å². The summed E-state index contributed by atoms with van der Waals surface area (Å²) in [5, 5.41) is 10.6. The van der Waals surface area contributed by atoms with E-state index in [0.29, 0.717) is 19.1 Å². The van der Waals surface area contributed by atoms with Crippen LogP contribution in [0.15, 0.2) is 38.4 Å². The second kappa shape index (κ2) is 10.1. The first-order valence-electron chi connectivity index (χ1n) is 11.3. The van der Waals surface area contributed by atoms with Gasteiger partial charge in [0.15, 0.2) is 5.69 Å². The lowest BCUT2D eigenvalue weighted by atomic mass is 10.0. The van der Waals surface area contributed by atoms with Crippen LogP contribution < -0.4 is 16.6 Å². The molecule has 1 aromatic carbocycles. The van der Waals surface area contributed by atoms with Gasteiger partial charge < -0.3 is 9.84 Å². The molecule has 1 aliphatic heterocycles. The number of halogens is 1. The first kappa shape index (κ1) is 23.5. The van der Waals surface area contributed by atoms with Gasteiger partial charge in [0.2, 0.25) is 5.82 Å². The van der Waals surface area contributed by atoms with Crippen LogP contribution in [0.4, 0.5) is 4.39 Å². The Morgan fingerprint density at radius 2 is 2.00 bits per heavy atom. The van der Waals surface area contributed by atoms with Crippen LogP contribution >= 0.6 is 0 Å². The summed E-state index contributed by atoms with van der Waals surface area (Å²) < 4.78 is 20.3. The molecule has 1 fully saturated rings. The summed E-state index contributed by atoms with van der Waals surface area (Å²) in [5.41, 5.74) is -1.44. The molecule has 1 saturated heterocycles. The Bertz CT molecular complexity index is 1280. The van der Waals surface area contributed by atoms with Gasteiger partial charge in [-0.2, -0.15) is 14.8 Å². The Labute approximate surface area is 194 Å². The maximum Gasteiger partial charge on any atom is 0.352 e. The van der Waals surface area contributed by atoms with E-state index < -0.39 is 23.0 Å². The molecule has 4 rings (SSSR count). The zero-order chi connectivity index (χ0) is 24.2. The summed E-state index contributed by atoms with van der Waals surface area (Å²) in [6.45, 7) is 5.98. The summed E-state index contributed by atoms with van der Waals surface area (Å²) in [6, 6.07) is 5.54. The van der Waals surface area contributed by atoms with E-state index in [4.69, 9.17) is 4.52 Å². The normalized spacial score (nSPS) is 16.5. The molecule has 0 aliphatic carbocycles. The van der Waals surface area contributed by atoms with E-state index in [2.05, 4.69) is 32.4 Å². The Balaban J connectivity index is 1.55. The highest BCUT2D eigenvalue weighted by molar-refractivity contribution is 5.89. The van der Waals surface area contributed by atoms with Crippen molar-refractivity contribution in [3.63, 3.8) is 0 Å². The smallest absolute Gasteiger partial charge is 0.347 e. The number of amides is 1. The van der Waals surface area contributed by atoms with Gasteiger partial charge in [0, 0.05) is 25.7 Å². The van der Waals surface area contributed by atoms with Crippen molar-refractivity contribution in [2.45, 2.75) is 45.7 Å². The Hall–Kier alpha value is -3.67. The molecule has 0 spiro atoms. The van der Waals surface area contributed by atoms with Gasteiger partial charge in [-0.25, -0.2) is 9.18 Å². The minimum atomic E-state index is -0.724. The molecule has 12 heteroatoms. The topological polar surface area (TPSA) is 128 Å². The lowest BCUT2D eigenvalue weighted by Crippen LogP contribution is -2.42. The Morgan fingerprint density at radius 3 is 2.71 bits per heavy atom. The first-order valence-corrected chi connectivity index (χ1v) is 11.3. The molecule has 11 nitrogen and oxygen atoms in total. The van der Waals surface area contributed by atoms with Gasteiger partial charge in [-0.3, -0.25) is 19.1 Å². The van der Waals surface area contributed by atoms with Crippen molar-refractivity contribution in [1.82, 2.24) is 34.7 Å². The molecule has 0 radical (unpaired) electrons. The van der Waals surface area contributed by atoms with E-state index in [-0.39, 0.29) is 29.6 Å². The van der Waals surface area contributed by atoms with Crippen LogP contribution in [0.25, 0.3) is 17.2 Å². The summed E-state index contributed by atoms with van der Waals surface area (Å²) in [7, 11) is 0. The Morgan fingerprint density at radius 1 is 1.24 bits per heavy atom. The molecule has 0 unspecified atom stereocenters. The van der Waals surface area contributed by atoms with Gasteiger partial charge in [0.25, 0.3) is 5.56 Å². The molecule has 180 valence electrons. The predicted octanol–water partition coefficient (Wildman–Crippen LogP) is 1.21. The van der Waals surface area contributed by atoms with E-state index >= 15 is 0 Å². The zero-order valence-corrected chi connectivity index (χ0v) is 19.0. The van der Waals surface area contributed by atoms with Gasteiger partial charge in [-0.05, 0) is 57.5 Å². The fraction of sp³-hybridized carbons (Fsp3) is 0.455. The molecular weight excluding hydrogens is 445 g/mol. The third-order valence-electron chi connectivity index (χ3n) is 5.90. The summed E-state index contributed by atoms with van der Waals surface area (Å²) in [5.74, 6) is -1.58. The van der Waals surface area contributed by atoms with Crippen molar-refractivity contribution in [1.29, 1.82) is 0 Å². The maximum absolute atomic E-state index is 13.3. The number of carbonyl (C=O) groups excluding carboxylic acids is 1. The van der Waals surface area contributed by atoms with Crippen molar-refractivity contribution < 1.29 is 13.7 Å². The summed E-state index contributed by atoms with van der Waals surface area (Å²) in [4.78, 5) is 44.3. The number of nitrogens with zero attached hydrogens (tertiary/aromatic N) is 6.